The maximum atomic E-state index is 12.3. The van der Waals surface area contributed by atoms with Crippen molar-refractivity contribution in [2.45, 2.75) is 0 Å². The van der Waals surface area contributed by atoms with Gasteiger partial charge < -0.3 is 9.64 Å². The van der Waals surface area contributed by atoms with Gasteiger partial charge in [-0.1, -0.05) is 23.7 Å². The van der Waals surface area contributed by atoms with Crippen molar-refractivity contribution in [1.29, 1.82) is 0 Å². The number of hydrogen-bond acceptors (Lipinski definition) is 6. The molecule has 0 unspecified atom stereocenters. The summed E-state index contributed by atoms with van der Waals surface area (Å²) in [6.45, 7) is 0.406. The van der Waals surface area contributed by atoms with E-state index in [0.29, 0.717) is 11.6 Å². The number of carbonyl (C=O) groups excluding carboxylic acids is 3. The number of thioether (sulfide) groups is 1. The van der Waals surface area contributed by atoms with Crippen LogP contribution in [0.2, 0.25) is 5.02 Å². The van der Waals surface area contributed by atoms with Gasteiger partial charge in [-0.05, 0) is 49.6 Å². The van der Waals surface area contributed by atoms with Gasteiger partial charge in [0.05, 0.1) is 4.91 Å². The van der Waals surface area contributed by atoms with E-state index in [1.54, 1.807) is 30.3 Å². The Morgan fingerprint density at radius 3 is 2.52 bits per heavy atom. The van der Waals surface area contributed by atoms with Gasteiger partial charge in [-0.15, -0.1) is 12.4 Å². The van der Waals surface area contributed by atoms with Crippen LogP contribution < -0.4 is 0 Å². The minimum Gasteiger partial charge on any atom is -0.463 e. The molecule has 0 N–H and O–H groups in total. The SMILES string of the molecule is CN(C)CCOC(=O)CN1C(=O)SC(=Cc2ccc(Cl)cc2)C1=O.Cl. The fraction of sp³-hybridized carbons (Fsp3) is 0.312. The Bertz CT molecular complexity index is 677. The zero-order valence-corrected chi connectivity index (χ0v) is 16.1. The molecule has 1 heterocycles. The predicted octanol–water partition coefficient (Wildman–Crippen LogP) is 2.90. The molecule has 0 saturated carbocycles. The first-order valence-corrected chi connectivity index (χ1v) is 8.37. The summed E-state index contributed by atoms with van der Waals surface area (Å²) in [5.74, 6) is -1.10. The summed E-state index contributed by atoms with van der Waals surface area (Å²) in [5.41, 5.74) is 0.749. The lowest BCUT2D eigenvalue weighted by Crippen LogP contribution is -2.35. The van der Waals surface area contributed by atoms with Crippen LogP contribution in [-0.4, -0.2) is 60.7 Å². The molecule has 1 saturated heterocycles. The zero-order valence-electron chi connectivity index (χ0n) is 13.7. The van der Waals surface area contributed by atoms with Crippen molar-refractivity contribution in [3.63, 3.8) is 0 Å². The fourth-order valence-corrected chi connectivity index (χ4v) is 2.83. The quantitative estimate of drug-likeness (QED) is 0.536. The van der Waals surface area contributed by atoms with Crippen LogP contribution in [0.25, 0.3) is 6.08 Å². The minimum atomic E-state index is -0.605. The Kier molecular flexibility index (Phi) is 8.44. The van der Waals surface area contributed by atoms with Gasteiger partial charge >= 0.3 is 5.97 Å². The Morgan fingerprint density at radius 2 is 1.92 bits per heavy atom. The topological polar surface area (TPSA) is 66.9 Å². The molecule has 1 aromatic carbocycles. The number of amides is 2. The number of ether oxygens (including phenoxy) is 1. The van der Waals surface area contributed by atoms with Crippen LogP contribution >= 0.6 is 35.8 Å². The summed E-state index contributed by atoms with van der Waals surface area (Å²) in [6, 6.07) is 6.87. The van der Waals surface area contributed by atoms with Crippen molar-refractivity contribution >= 4 is 59.0 Å². The number of esters is 1. The maximum absolute atomic E-state index is 12.3. The Labute approximate surface area is 161 Å². The molecule has 1 aliphatic rings. The first-order chi connectivity index (χ1) is 11.4. The van der Waals surface area contributed by atoms with Crippen molar-refractivity contribution in [3.8, 4) is 0 Å². The van der Waals surface area contributed by atoms with Gasteiger partial charge in [-0.25, -0.2) is 0 Å². The number of benzene rings is 1. The lowest BCUT2D eigenvalue weighted by Gasteiger charge is -2.13. The zero-order chi connectivity index (χ0) is 17.7. The van der Waals surface area contributed by atoms with Crippen molar-refractivity contribution in [1.82, 2.24) is 9.80 Å². The smallest absolute Gasteiger partial charge is 0.326 e. The molecule has 0 bridgehead atoms. The molecule has 25 heavy (non-hydrogen) atoms. The van der Waals surface area contributed by atoms with Crippen molar-refractivity contribution < 1.29 is 19.1 Å². The average Bonchev–Trinajstić information content (AvgIpc) is 2.77. The van der Waals surface area contributed by atoms with Crippen LogP contribution in [0.4, 0.5) is 4.79 Å². The highest BCUT2D eigenvalue weighted by Gasteiger charge is 2.36. The van der Waals surface area contributed by atoms with Gasteiger partial charge in [-0.2, -0.15) is 0 Å². The van der Waals surface area contributed by atoms with E-state index in [9.17, 15) is 14.4 Å². The molecule has 0 radical (unpaired) electrons. The first kappa shape index (κ1) is 21.5. The number of likely N-dealkylation sites (N-methyl/N-ethyl adjacent to an activating group) is 1. The molecule has 1 aliphatic heterocycles. The van der Waals surface area contributed by atoms with E-state index < -0.39 is 17.1 Å². The van der Waals surface area contributed by atoms with E-state index in [1.807, 2.05) is 19.0 Å². The Balaban J connectivity index is 0.00000312. The number of rotatable bonds is 6. The molecule has 0 aromatic heterocycles. The van der Waals surface area contributed by atoms with Gasteiger partial charge in [0.2, 0.25) is 0 Å². The summed E-state index contributed by atoms with van der Waals surface area (Å²) in [4.78, 5) is 39.0. The summed E-state index contributed by atoms with van der Waals surface area (Å²) in [7, 11) is 3.71. The molecule has 1 fully saturated rings. The van der Waals surface area contributed by atoms with Crippen LogP contribution in [0.3, 0.4) is 0 Å². The fourth-order valence-electron chi connectivity index (χ4n) is 1.86. The molecule has 2 amide bonds. The predicted molar refractivity (Wildman–Crippen MR) is 101 cm³/mol. The van der Waals surface area contributed by atoms with Gasteiger partial charge in [-0.3, -0.25) is 19.3 Å². The first-order valence-electron chi connectivity index (χ1n) is 7.18. The van der Waals surface area contributed by atoms with E-state index >= 15 is 0 Å². The minimum absolute atomic E-state index is 0. The van der Waals surface area contributed by atoms with Crippen molar-refractivity contribution in [2.75, 3.05) is 33.8 Å². The summed E-state index contributed by atoms with van der Waals surface area (Å²) >= 11 is 6.61. The maximum Gasteiger partial charge on any atom is 0.326 e. The van der Waals surface area contributed by atoms with E-state index in [2.05, 4.69) is 0 Å². The van der Waals surface area contributed by atoms with Crippen LogP contribution in [0.5, 0.6) is 0 Å². The summed E-state index contributed by atoms with van der Waals surface area (Å²) in [6.07, 6.45) is 1.60. The van der Waals surface area contributed by atoms with E-state index in [0.717, 1.165) is 22.2 Å². The normalized spacial score (nSPS) is 15.7. The average molecular weight is 405 g/mol. The lowest BCUT2D eigenvalue weighted by molar-refractivity contribution is -0.146. The molecule has 2 rings (SSSR count). The van der Waals surface area contributed by atoms with E-state index in [4.69, 9.17) is 16.3 Å². The number of hydrogen-bond donors (Lipinski definition) is 0. The number of imide groups is 1. The molecule has 9 heteroatoms. The molecule has 0 aliphatic carbocycles. The lowest BCUT2D eigenvalue weighted by atomic mass is 10.2. The highest BCUT2D eigenvalue weighted by molar-refractivity contribution is 8.18. The Morgan fingerprint density at radius 1 is 1.28 bits per heavy atom. The molecule has 0 spiro atoms. The molecule has 0 atom stereocenters. The van der Waals surface area contributed by atoms with Gasteiger partial charge in [0.15, 0.2) is 0 Å². The van der Waals surface area contributed by atoms with Crippen LogP contribution in [0, 0.1) is 0 Å². The van der Waals surface area contributed by atoms with Gasteiger partial charge in [0.25, 0.3) is 11.1 Å². The third-order valence-corrected chi connectivity index (χ3v) is 4.29. The highest BCUT2D eigenvalue weighted by Crippen LogP contribution is 2.32. The third kappa shape index (κ3) is 6.36. The standard InChI is InChI=1S/C16H17ClN2O4S.ClH/c1-18(2)7-8-23-14(20)10-19-15(21)13(24-16(19)22)9-11-3-5-12(17)6-4-11;/h3-6,9H,7-8,10H2,1-2H3;1H. The van der Waals surface area contributed by atoms with E-state index in [-0.39, 0.29) is 30.5 Å². The second kappa shape index (κ2) is 9.82. The van der Waals surface area contributed by atoms with Gasteiger partial charge in [0.1, 0.15) is 13.2 Å². The Hall–Kier alpha value is -1.54. The number of nitrogens with zero attached hydrogens (tertiary/aromatic N) is 2. The summed E-state index contributed by atoms with van der Waals surface area (Å²) in [5, 5.41) is 0.102. The third-order valence-electron chi connectivity index (χ3n) is 3.13. The van der Waals surface area contributed by atoms with Crippen LogP contribution in [-0.2, 0) is 14.3 Å². The number of carbonyl (C=O) groups is 3. The van der Waals surface area contributed by atoms with Crippen LogP contribution in [0.1, 0.15) is 5.56 Å². The molecule has 6 nitrogen and oxygen atoms in total. The number of halogens is 2. The summed E-state index contributed by atoms with van der Waals surface area (Å²) < 4.78 is 5.01. The molecular weight excluding hydrogens is 387 g/mol. The molecule has 1 aromatic rings. The van der Waals surface area contributed by atoms with Crippen LogP contribution in [0.15, 0.2) is 29.2 Å². The van der Waals surface area contributed by atoms with E-state index in [1.165, 1.54) is 0 Å². The van der Waals surface area contributed by atoms with Gasteiger partial charge in [0, 0.05) is 11.6 Å². The monoisotopic (exact) mass is 404 g/mol. The second-order valence-corrected chi connectivity index (χ2v) is 6.77. The second-order valence-electron chi connectivity index (χ2n) is 5.34. The largest absolute Gasteiger partial charge is 0.463 e. The molecular formula is C16H18Cl2N2O4S. The molecule has 136 valence electrons. The van der Waals surface area contributed by atoms with Crippen molar-refractivity contribution in [2.24, 2.45) is 0 Å². The highest BCUT2D eigenvalue weighted by atomic mass is 35.5. The van der Waals surface area contributed by atoms with Crippen molar-refractivity contribution in [3.05, 3.63) is 39.8 Å².